The van der Waals surface area contributed by atoms with Crippen LogP contribution in [0.2, 0.25) is 0 Å². The van der Waals surface area contributed by atoms with Crippen LogP contribution in [-0.2, 0) is 33.2 Å². The van der Waals surface area contributed by atoms with Crippen molar-refractivity contribution >= 4 is 69.4 Å². The largest absolute Gasteiger partial charge is 0.481 e. The molecule has 0 saturated heterocycles. The van der Waals surface area contributed by atoms with Crippen LogP contribution >= 0.6 is 34.5 Å². The molecule has 2 aromatic heterocycles. The zero-order valence-corrected chi connectivity index (χ0v) is 28.9. The van der Waals surface area contributed by atoms with Crippen LogP contribution in [0.1, 0.15) is 62.1 Å². The number of hydrogen-bond donors (Lipinski definition) is 5. The van der Waals surface area contributed by atoms with Gasteiger partial charge in [0.25, 0.3) is 0 Å². The summed E-state index contributed by atoms with van der Waals surface area (Å²) in [6.45, 7) is 4.72. The molecule has 6 N–H and O–H groups in total. The molecule has 0 amide bonds. The van der Waals surface area contributed by atoms with Crippen LogP contribution in [0.4, 0.5) is 10.2 Å². The first-order valence-electron chi connectivity index (χ1n) is 13.7. The Kier molecular flexibility index (Phi) is 23.2. The van der Waals surface area contributed by atoms with Crippen LogP contribution in [0.25, 0.3) is 11.2 Å². The molecule has 0 aliphatic carbocycles. The quantitative estimate of drug-likeness (QED) is 0.110. The van der Waals surface area contributed by atoms with Gasteiger partial charge in [-0.25, -0.2) is 29.2 Å². The van der Waals surface area contributed by atoms with E-state index in [1.54, 1.807) is 37.3 Å². The molecular weight excluding hydrogens is 734 g/mol. The summed E-state index contributed by atoms with van der Waals surface area (Å²) >= 11 is 0. The van der Waals surface area contributed by atoms with Crippen molar-refractivity contribution in [1.82, 2.24) is 24.6 Å². The van der Waals surface area contributed by atoms with Gasteiger partial charge in [-0.3, -0.25) is 18.7 Å². The van der Waals surface area contributed by atoms with Crippen molar-refractivity contribution in [1.29, 1.82) is 0 Å². The Morgan fingerprint density at radius 2 is 1.75 bits per heavy atom. The van der Waals surface area contributed by atoms with E-state index in [9.17, 15) is 23.3 Å². The minimum absolute atomic E-state index is 0. The van der Waals surface area contributed by atoms with Gasteiger partial charge in [0.2, 0.25) is 0 Å². The highest BCUT2D eigenvalue weighted by molar-refractivity contribution is 7.59. The van der Waals surface area contributed by atoms with Gasteiger partial charge in [-0.15, -0.1) is 0 Å². The number of rotatable bonds is 14. The SMILES string of the molecule is C.C.C.CCC(O)(CC(=O)O)C(=O)O.CCOC(=O)[C@H](C)N[P@](=O)(CO[C@@H]1C=C(F)[C@H](n2cnc3c(N)ncnc32)O1)Oc1ccccc1.S.S. The van der Waals surface area contributed by atoms with Crippen LogP contribution in [0.15, 0.2) is 54.9 Å². The number of nitrogens with two attached hydrogens (primary N) is 1. The Morgan fingerprint density at radius 3 is 2.27 bits per heavy atom. The van der Waals surface area contributed by atoms with Crippen molar-refractivity contribution in [3.8, 4) is 5.75 Å². The van der Waals surface area contributed by atoms with Gasteiger partial charge in [0.1, 0.15) is 23.6 Å². The number of hydrogen-bond acceptors (Lipinski definition) is 13. The zero-order chi connectivity index (χ0) is 34.1. The predicted octanol–water partition coefficient (Wildman–Crippen LogP) is 4.72. The van der Waals surface area contributed by atoms with E-state index in [0.717, 1.165) is 6.08 Å². The second-order valence-corrected chi connectivity index (χ2v) is 11.8. The summed E-state index contributed by atoms with van der Waals surface area (Å²) in [6.07, 6.45) is -0.206. The van der Waals surface area contributed by atoms with Crippen LogP contribution in [-0.4, -0.2) is 83.6 Å². The Labute approximate surface area is 310 Å². The molecule has 1 unspecified atom stereocenters. The summed E-state index contributed by atoms with van der Waals surface area (Å²) in [4.78, 5) is 44.4. The number of carbonyl (C=O) groups excluding carboxylic acids is 1. The summed E-state index contributed by atoms with van der Waals surface area (Å²) in [6, 6.07) is 7.40. The van der Waals surface area contributed by atoms with E-state index < -0.39 is 68.2 Å². The van der Waals surface area contributed by atoms with Crippen molar-refractivity contribution < 1.29 is 57.4 Å². The molecule has 3 heterocycles. The zero-order valence-electron chi connectivity index (χ0n) is 26.0. The van der Waals surface area contributed by atoms with E-state index in [4.69, 9.17) is 39.8 Å². The molecule has 1 aromatic carbocycles. The first-order valence-corrected chi connectivity index (χ1v) is 15.6. The van der Waals surface area contributed by atoms with Crippen LogP contribution in [0, 0.1) is 0 Å². The number of para-hydroxylation sites is 1. The second-order valence-electron chi connectivity index (χ2n) is 9.73. The Balaban J connectivity index is -0.00000126. The van der Waals surface area contributed by atoms with Crippen molar-refractivity contribution in [2.75, 3.05) is 18.7 Å². The van der Waals surface area contributed by atoms with Crippen LogP contribution < -0.4 is 15.3 Å². The van der Waals surface area contributed by atoms with Gasteiger partial charge in [0.05, 0.1) is 19.4 Å². The summed E-state index contributed by atoms with van der Waals surface area (Å²) in [5.74, 6) is -3.67. The van der Waals surface area contributed by atoms with Gasteiger partial charge < -0.3 is 39.8 Å². The number of fused-ring (bicyclic) bond motifs is 1. The number of carbonyl (C=O) groups is 3. The number of aliphatic carboxylic acids is 2. The molecule has 5 atom stereocenters. The topological polar surface area (TPSA) is 248 Å². The molecule has 0 bridgehead atoms. The highest BCUT2D eigenvalue weighted by Crippen LogP contribution is 2.45. The molecule has 3 aromatic rings. The smallest absolute Gasteiger partial charge is 0.342 e. The second kappa shape index (κ2) is 22.9. The summed E-state index contributed by atoms with van der Waals surface area (Å²) in [5, 5.41) is 28.3. The van der Waals surface area contributed by atoms with Gasteiger partial charge in [-0.1, -0.05) is 47.4 Å². The van der Waals surface area contributed by atoms with Gasteiger partial charge in [0.15, 0.2) is 41.8 Å². The monoisotopic (exact) mass is 784 g/mol. The predicted molar refractivity (Wildman–Crippen MR) is 199 cm³/mol. The number of carboxylic acids is 2. The number of nitrogens with zero attached hydrogens (tertiary/aromatic N) is 4. The molecule has 0 radical (unpaired) electrons. The number of benzene rings is 1. The lowest BCUT2D eigenvalue weighted by molar-refractivity contribution is -0.165. The average molecular weight is 785 g/mol. The van der Waals surface area contributed by atoms with Crippen molar-refractivity contribution in [2.45, 2.75) is 80.1 Å². The van der Waals surface area contributed by atoms with E-state index >= 15 is 0 Å². The summed E-state index contributed by atoms with van der Waals surface area (Å²) in [7, 11) is -3.83. The van der Waals surface area contributed by atoms with Crippen molar-refractivity contribution in [2.24, 2.45) is 0 Å². The number of anilines is 1. The molecule has 17 nitrogen and oxygen atoms in total. The maximum absolute atomic E-state index is 14.8. The van der Waals surface area contributed by atoms with Gasteiger partial charge in [-0.2, -0.15) is 27.0 Å². The molecule has 1 aliphatic rings. The molecule has 51 heavy (non-hydrogen) atoms. The number of halogens is 1. The Morgan fingerprint density at radius 1 is 1.12 bits per heavy atom. The normalized spacial score (nSPS) is 17.2. The lowest BCUT2D eigenvalue weighted by Gasteiger charge is -2.24. The van der Waals surface area contributed by atoms with Crippen molar-refractivity contribution in [3.63, 3.8) is 0 Å². The number of aliphatic hydroxyl groups is 1. The third kappa shape index (κ3) is 14.0. The molecule has 290 valence electrons. The number of esters is 1. The fraction of sp³-hybridized carbons (Fsp3) is 0.467. The Bertz CT molecular complexity index is 1620. The molecule has 1 aliphatic heterocycles. The fourth-order valence-corrected chi connectivity index (χ4v) is 5.58. The maximum Gasteiger partial charge on any atom is 0.342 e. The van der Waals surface area contributed by atoms with Crippen molar-refractivity contribution in [3.05, 3.63) is 54.9 Å². The van der Waals surface area contributed by atoms with Gasteiger partial charge in [0, 0.05) is 6.08 Å². The van der Waals surface area contributed by atoms with Crippen LogP contribution in [0.5, 0.6) is 5.75 Å². The summed E-state index contributed by atoms with van der Waals surface area (Å²) < 4.78 is 51.5. The fourth-order valence-electron chi connectivity index (χ4n) is 3.90. The molecule has 21 heteroatoms. The van der Waals surface area contributed by atoms with E-state index in [1.165, 1.54) is 31.1 Å². The number of carboxylic acid groups (broad SMARTS) is 2. The van der Waals surface area contributed by atoms with Gasteiger partial charge >= 0.3 is 25.4 Å². The first-order chi connectivity index (χ1) is 21.7. The molecule has 0 saturated carbocycles. The minimum atomic E-state index is -3.83. The summed E-state index contributed by atoms with van der Waals surface area (Å²) in [5.41, 5.74) is 4.23. The third-order valence-corrected chi connectivity index (χ3v) is 8.07. The first kappa shape index (κ1) is 51.6. The van der Waals surface area contributed by atoms with E-state index in [0.29, 0.717) is 5.52 Å². The maximum atomic E-state index is 14.8. The van der Waals surface area contributed by atoms with Gasteiger partial charge in [-0.05, 0) is 32.4 Å². The van der Waals surface area contributed by atoms with E-state index in [1.807, 2.05) is 0 Å². The number of nitrogen functional groups attached to an aromatic ring is 1. The number of nitrogens with one attached hydrogen (secondary N) is 1. The minimum Gasteiger partial charge on any atom is -0.481 e. The molecule has 0 fully saturated rings. The lowest BCUT2D eigenvalue weighted by Crippen LogP contribution is -2.39. The molecular formula is C30H50FN6O11PS2. The average Bonchev–Trinajstić information content (AvgIpc) is 3.60. The standard InChI is InChI=1S/C21H24FN6O6P.C6H10O5.3CH4.2H2S/c1-3-31-21(29)13(2)27-35(30,34-14-7-5-4-6-8-14)12-32-16-9-15(22)20(33-16)28-11-26-17-18(23)24-10-25-19(17)28;1-2-6(11,5(9)10)3-4(7)8;;;;;/h4-11,13,16,20H,3,12H2,1-2H3,(H,27,30)(H2,23,24,25);11H,2-3H2,1H3,(H,7,8)(H,9,10);3*1H4;2*1H2/t13-,16-,20+,35-;;;;;;/m0....../s1. The number of imidazole rings is 1. The highest BCUT2D eigenvalue weighted by Gasteiger charge is 2.37. The number of ether oxygens (including phenoxy) is 3. The highest BCUT2D eigenvalue weighted by atomic mass is 32.1. The number of aromatic nitrogens is 4. The third-order valence-electron chi connectivity index (χ3n) is 6.30. The van der Waals surface area contributed by atoms with E-state index in [-0.39, 0.29) is 79.5 Å². The lowest BCUT2D eigenvalue weighted by atomic mass is 9.97. The van der Waals surface area contributed by atoms with E-state index in [2.05, 4.69) is 20.0 Å². The Hall–Kier alpha value is -3.78. The molecule has 0 spiro atoms. The van der Waals surface area contributed by atoms with Crippen LogP contribution in [0.3, 0.4) is 0 Å². The molecule has 4 rings (SSSR count).